The Morgan fingerprint density at radius 1 is 0.932 bits per heavy atom. The number of methoxy groups -OCH3 is 1. The second kappa shape index (κ2) is 22.6. The largest absolute Gasteiger partial charge is 0.504 e. The Bertz CT molecular complexity index is 1070. The van der Waals surface area contributed by atoms with E-state index in [2.05, 4.69) is 29.8 Å². The van der Waals surface area contributed by atoms with Crippen LogP contribution in [0.3, 0.4) is 0 Å². The van der Waals surface area contributed by atoms with Gasteiger partial charge in [0.15, 0.2) is 17.3 Å². The van der Waals surface area contributed by atoms with E-state index in [4.69, 9.17) is 15.2 Å². The SMILES string of the molecule is CCCCCC(C)Oc1ccc2c(c1)N(O)CCC2=O.COc1cc(CNCCCNCCCCNCCCN)ccc1O. The first-order chi connectivity index (χ1) is 21.4. The number of phenols is 1. The summed E-state index contributed by atoms with van der Waals surface area (Å²) in [5.74, 6) is 1.49. The monoisotopic (exact) mass is 615 g/mol. The van der Waals surface area contributed by atoms with Gasteiger partial charge in [0.05, 0.1) is 25.4 Å². The van der Waals surface area contributed by atoms with E-state index in [9.17, 15) is 15.1 Å². The number of hydroxylamine groups is 1. The molecule has 0 aliphatic carbocycles. The van der Waals surface area contributed by atoms with Crippen molar-refractivity contribution in [1.29, 1.82) is 0 Å². The van der Waals surface area contributed by atoms with Gasteiger partial charge in [0.25, 0.3) is 0 Å². The third-order valence-corrected chi connectivity index (χ3v) is 7.44. The summed E-state index contributed by atoms with van der Waals surface area (Å²) < 4.78 is 11.0. The fourth-order valence-electron chi connectivity index (χ4n) is 4.85. The number of ether oxygens (including phenoxy) is 2. The second-order valence-electron chi connectivity index (χ2n) is 11.3. The summed E-state index contributed by atoms with van der Waals surface area (Å²) in [7, 11) is 1.56. The standard InChI is InChI=1S/C18H34N4O2.C16H23NO3/c1-24-18-14-16(6-7-17(18)23)15-22-13-5-12-21-10-3-2-9-20-11-4-8-19;1-3-4-5-6-12(2)20-13-7-8-14-15(11-13)17(19)10-9-16(14)18/h6-7,14,20-23H,2-5,8-13,15,19H2,1H3;7-8,11-12,19H,3-6,9-10H2,1-2H3. The molecule has 2 aromatic rings. The molecule has 0 aromatic heterocycles. The minimum atomic E-state index is 0.0767. The molecule has 0 saturated carbocycles. The molecule has 1 heterocycles. The quantitative estimate of drug-likeness (QED) is 0.106. The van der Waals surface area contributed by atoms with Gasteiger partial charge in [-0.05, 0) is 115 Å². The number of Topliss-reactive ketones (excluding diaryl/α,β-unsaturated/α-hetero) is 1. The van der Waals surface area contributed by atoms with Gasteiger partial charge in [-0.25, -0.2) is 0 Å². The van der Waals surface area contributed by atoms with Crippen LogP contribution in [0.15, 0.2) is 36.4 Å². The lowest BCUT2D eigenvalue weighted by atomic mass is 10.0. The van der Waals surface area contributed by atoms with Crippen LogP contribution >= 0.6 is 0 Å². The van der Waals surface area contributed by atoms with Crippen molar-refractivity contribution in [3.8, 4) is 17.2 Å². The van der Waals surface area contributed by atoms with E-state index >= 15 is 0 Å². The summed E-state index contributed by atoms with van der Waals surface area (Å²) in [6.45, 7) is 11.3. The number of carbonyl (C=O) groups is 1. The number of nitrogens with zero attached hydrogens (tertiary/aromatic N) is 1. The number of nitrogens with one attached hydrogen (secondary N) is 3. The van der Waals surface area contributed by atoms with Crippen LogP contribution in [-0.4, -0.2) is 75.1 Å². The Labute approximate surface area is 264 Å². The number of anilines is 1. The van der Waals surface area contributed by atoms with Crippen LogP contribution in [0.2, 0.25) is 0 Å². The zero-order valence-electron chi connectivity index (χ0n) is 27.2. The van der Waals surface area contributed by atoms with Gasteiger partial charge in [0.1, 0.15) is 5.75 Å². The third-order valence-electron chi connectivity index (χ3n) is 7.44. The molecule has 10 nitrogen and oxygen atoms in total. The zero-order chi connectivity index (χ0) is 32.0. The minimum Gasteiger partial charge on any atom is -0.504 e. The summed E-state index contributed by atoms with van der Waals surface area (Å²) >= 11 is 0. The van der Waals surface area contributed by atoms with E-state index in [1.165, 1.54) is 25.7 Å². The fraction of sp³-hybridized carbons (Fsp3) is 0.618. The van der Waals surface area contributed by atoms with Gasteiger partial charge in [-0.2, -0.15) is 0 Å². The Balaban J connectivity index is 0.000000311. The van der Waals surface area contributed by atoms with Gasteiger partial charge in [-0.1, -0.05) is 25.8 Å². The number of fused-ring (bicyclic) bond motifs is 1. The number of rotatable bonds is 21. The Kier molecular flexibility index (Phi) is 19.2. The summed E-state index contributed by atoms with van der Waals surface area (Å²) in [5, 5.41) is 30.8. The molecule has 1 atom stereocenters. The van der Waals surface area contributed by atoms with Crippen LogP contribution in [0.1, 0.15) is 87.6 Å². The van der Waals surface area contributed by atoms with Crippen molar-refractivity contribution in [2.45, 2.75) is 84.3 Å². The maximum Gasteiger partial charge on any atom is 0.166 e. The number of nitrogens with two attached hydrogens (primary N) is 1. The number of hydrogen-bond donors (Lipinski definition) is 6. The maximum absolute atomic E-state index is 11.8. The molecule has 44 heavy (non-hydrogen) atoms. The molecule has 1 unspecified atom stereocenters. The Morgan fingerprint density at radius 2 is 1.64 bits per heavy atom. The molecular weight excluding hydrogens is 558 g/mol. The summed E-state index contributed by atoms with van der Waals surface area (Å²) in [4.78, 5) is 11.8. The number of hydrogen-bond acceptors (Lipinski definition) is 10. The summed E-state index contributed by atoms with van der Waals surface area (Å²) in [5.41, 5.74) is 7.68. The van der Waals surface area contributed by atoms with Crippen LogP contribution < -0.4 is 36.2 Å². The molecule has 7 N–H and O–H groups in total. The van der Waals surface area contributed by atoms with Crippen molar-refractivity contribution in [1.82, 2.24) is 16.0 Å². The third kappa shape index (κ3) is 14.7. The first-order valence-corrected chi connectivity index (χ1v) is 16.4. The van der Waals surface area contributed by atoms with Crippen LogP contribution in [-0.2, 0) is 6.54 Å². The molecule has 0 saturated heterocycles. The number of benzene rings is 2. The van der Waals surface area contributed by atoms with Crippen molar-refractivity contribution in [2.75, 3.05) is 58.0 Å². The van der Waals surface area contributed by atoms with Crippen LogP contribution in [0, 0.1) is 0 Å². The first-order valence-electron chi connectivity index (χ1n) is 16.4. The highest BCUT2D eigenvalue weighted by Crippen LogP contribution is 2.30. The minimum absolute atomic E-state index is 0.0767. The molecule has 248 valence electrons. The number of ketones is 1. The molecule has 0 radical (unpaired) electrons. The van der Waals surface area contributed by atoms with Gasteiger partial charge in [0, 0.05) is 24.6 Å². The zero-order valence-corrected chi connectivity index (χ0v) is 27.2. The molecule has 1 aliphatic heterocycles. The smallest absolute Gasteiger partial charge is 0.166 e. The fourth-order valence-corrected chi connectivity index (χ4v) is 4.85. The lowest BCUT2D eigenvalue weighted by molar-refractivity contribution is 0.0960. The van der Waals surface area contributed by atoms with Crippen molar-refractivity contribution in [3.05, 3.63) is 47.5 Å². The van der Waals surface area contributed by atoms with E-state index in [0.717, 1.165) is 82.1 Å². The molecule has 10 heteroatoms. The molecule has 3 rings (SSSR count). The Hall–Kier alpha value is -2.89. The van der Waals surface area contributed by atoms with E-state index < -0.39 is 0 Å². The van der Waals surface area contributed by atoms with Crippen molar-refractivity contribution < 1.29 is 24.6 Å². The van der Waals surface area contributed by atoms with Gasteiger partial charge in [0.2, 0.25) is 0 Å². The Morgan fingerprint density at radius 3 is 2.34 bits per heavy atom. The molecule has 0 amide bonds. The van der Waals surface area contributed by atoms with Crippen LogP contribution in [0.25, 0.3) is 0 Å². The summed E-state index contributed by atoms with van der Waals surface area (Å²) in [6.07, 6.45) is 9.67. The first kappa shape index (κ1) is 37.3. The van der Waals surface area contributed by atoms with Crippen LogP contribution in [0.5, 0.6) is 17.2 Å². The predicted molar refractivity (Wildman–Crippen MR) is 178 cm³/mol. The normalized spacial score (nSPS) is 13.2. The van der Waals surface area contributed by atoms with Crippen LogP contribution in [0.4, 0.5) is 5.69 Å². The highest BCUT2D eigenvalue weighted by atomic mass is 16.5. The van der Waals surface area contributed by atoms with E-state index in [1.807, 2.05) is 18.2 Å². The van der Waals surface area contributed by atoms with Gasteiger partial charge in [-0.3, -0.25) is 15.1 Å². The van der Waals surface area contributed by atoms with Gasteiger partial charge >= 0.3 is 0 Å². The van der Waals surface area contributed by atoms with E-state index in [0.29, 0.717) is 35.7 Å². The molecule has 0 bridgehead atoms. The van der Waals surface area contributed by atoms with Crippen molar-refractivity contribution in [2.24, 2.45) is 5.73 Å². The van der Waals surface area contributed by atoms with Gasteiger partial charge < -0.3 is 36.3 Å². The summed E-state index contributed by atoms with van der Waals surface area (Å²) in [6, 6.07) is 10.7. The lowest BCUT2D eigenvalue weighted by Crippen LogP contribution is -2.28. The average molecular weight is 616 g/mol. The topological polar surface area (TPSA) is 141 Å². The van der Waals surface area contributed by atoms with E-state index in [1.54, 1.807) is 25.3 Å². The molecule has 0 spiro atoms. The highest BCUT2D eigenvalue weighted by molar-refractivity contribution is 6.03. The number of phenolic OH excluding ortho intramolecular Hbond substituents is 1. The second-order valence-corrected chi connectivity index (χ2v) is 11.3. The van der Waals surface area contributed by atoms with E-state index in [-0.39, 0.29) is 17.6 Å². The number of carbonyl (C=O) groups excluding carboxylic acids is 1. The molecule has 2 aromatic carbocycles. The van der Waals surface area contributed by atoms with Crippen molar-refractivity contribution in [3.63, 3.8) is 0 Å². The molecule has 1 aliphatic rings. The van der Waals surface area contributed by atoms with Gasteiger partial charge in [-0.15, -0.1) is 0 Å². The molecular formula is C34H57N5O5. The predicted octanol–water partition coefficient (Wildman–Crippen LogP) is 5.00. The maximum atomic E-state index is 11.8. The average Bonchev–Trinajstić information content (AvgIpc) is 3.02. The number of aromatic hydroxyl groups is 1. The molecule has 0 fully saturated rings. The highest BCUT2D eigenvalue weighted by Gasteiger charge is 2.22. The lowest BCUT2D eigenvalue weighted by Gasteiger charge is -2.25. The number of unbranched alkanes of at least 4 members (excludes halogenated alkanes) is 3. The van der Waals surface area contributed by atoms with Crippen molar-refractivity contribution >= 4 is 11.5 Å².